The Morgan fingerprint density at radius 3 is 2.67 bits per heavy atom. The Morgan fingerprint density at radius 2 is 1.83 bits per heavy atom. The largest absolute Gasteiger partial charge is 0.368 e. The SMILES string of the molecule is O=C(NCCc1cccs1)[C@@H]1Cc2ccccc2N2CCN(c3ccccc3)C[C@H]12. The third kappa shape index (κ3) is 3.82. The van der Waals surface area contributed by atoms with E-state index < -0.39 is 0 Å². The maximum atomic E-state index is 13.3. The van der Waals surface area contributed by atoms with Crippen LogP contribution in [0.4, 0.5) is 11.4 Å². The normalized spacial score (nSPS) is 20.4. The molecule has 0 bridgehead atoms. The van der Waals surface area contributed by atoms with Gasteiger partial charge in [-0.15, -0.1) is 11.3 Å². The zero-order valence-electron chi connectivity index (χ0n) is 17.0. The van der Waals surface area contributed by atoms with E-state index in [4.69, 9.17) is 0 Å². The number of nitrogens with zero attached hydrogens (tertiary/aromatic N) is 2. The number of hydrogen-bond donors (Lipinski definition) is 1. The molecule has 1 fully saturated rings. The van der Waals surface area contributed by atoms with Gasteiger partial charge in [0.1, 0.15) is 0 Å². The summed E-state index contributed by atoms with van der Waals surface area (Å²) in [5, 5.41) is 5.32. The van der Waals surface area contributed by atoms with Gasteiger partial charge in [-0.25, -0.2) is 0 Å². The topological polar surface area (TPSA) is 35.6 Å². The monoisotopic (exact) mass is 417 g/mol. The molecule has 5 rings (SSSR count). The van der Waals surface area contributed by atoms with Crippen molar-refractivity contribution in [2.45, 2.75) is 18.9 Å². The summed E-state index contributed by atoms with van der Waals surface area (Å²) in [4.78, 5) is 19.5. The maximum absolute atomic E-state index is 13.3. The summed E-state index contributed by atoms with van der Waals surface area (Å²) in [5.41, 5.74) is 3.84. The molecule has 1 aromatic heterocycles. The van der Waals surface area contributed by atoms with Crippen molar-refractivity contribution < 1.29 is 4.79 Å². The molecule has 0 saturated carbocycles. The predicted octanol–water partition coefficient (Wildman–Crippen LogP) is 3.97. The van der Waals surface area contributed by atoms with Gasteiger partial charge in [-0.05, 0) is 48.1 Å². The quantitative estimate of drug-likeness (QED) is 0.682. The molecule has 2 aliphatic rings. The fourth-order valence-electron chi connectivity index (χ4n) is 4.83. The molecule has 0 aliphatic carbocycles. The van der Waals surface area contributed by atoms with Crippen LogP contribution in [0.5, 0.6) is 0 Å². The molecule has 5 heteroatoms. The lowest BCUT2D eigenvalue weighted by Crippen LogP contribution is -2.61. The van der Waals surface area contributed by atoms with E-state index in [1.54, 1.807) is 11.3 Å². The first-order valence-electron chi connectivity index (χ1n) is 10.7. The fraction of sp³-hybridized carbons (Fsp3) is 0.320. The first-order chi connectivity index (χ1) is 14.8. The molecule has 0 unspecified atom stereocenters. The van der Waals surface area contributed by atoms with Crippen molar-refractivity contribution in [1.29, 1.82) is 0 Å². The lowest BCUT2D eigenvalue weighted by atomic mass is 9.83. The molecule has 1 amide bonds. The van der Waals surface area contributed by atoms with E-state index in [0.29, 0.717) is 6.54 Å². The second-order valence-corrected chi connectivity index (χ2v) is 9.13. The van der Waals surface area contributed by atoms with Crippen LogP contribution in [-0.2, 0) is 17.6 Å². The molecule has 1 N–H and O–H groups in total. The summed E-state index contributed by atoms with van der Waals surface area (Å²) in [6.45, 7) is 3.49. The van der Waals surface area contributed by atoms with Gasteiger partial charge in [0.25, 0.3) is 0 Å². The number of carbonyl (C=O) groups is 1. The van der Waals surface area contributed by atoms with E-state index in [-0.39, 0.29) is 17.9 Å². The van der Waals surface area contributed by atoms with E-state index in [1.807, 2.05) is 0 Å². The Labute approximate surface area is 182 Å². The summed E-state index contributed by atoms with van der Waals surface area (Å²) in [5.74, 6) is 0.153. The molecule has 2 atom stereocenters. The lowest BCUT2D eigenvalue weighted by molar-refractivity contribution is -0.125. The van der Waals surface area contributed by atoms with Gasteiger partial charge in [-0.1, -0.05) is 42.5 Å². The summed E-state index contributed by atoms with van der Waals surface area (Å²) < 4.78 is 0. The Balaban J connectivity index is 1.35. The molecule has 0 radical (unpaired) electrons. The van der Waals surface area contributed by atoms with Crippen LogP contribution in [0.3, 0.4) is 0 Å². The van der Waals surface area contributed by atoms with Crippen molar-refractivity contribution in [3.63, 3.8) is 0 Å². The highest BCUT2D eigenvalue weighted by molar-refractivity contribution is 7.09. The minimum absolute atomic E-state index is 0.0326. The second-order valence-electron chi connectivity index (χ2n) is 8.10. The van der Waals surface area contributed by atoms with Crippen LogP contribution in [0.2, 0.25) is 0 Å². The first kappa shape index (κ1) is 19.2. The van der Waals surface area contributed by atoms with Gasteiger partial charge in [-0.3, -0.25) is 4.79 Å². The number of benzene rings is 2. The van der Waals surface area contributed by atoms with Gasteiger partial charge < -0.3 is 15.1 Å². The highest BCUT2D eigenvalue weighted by atomic mass is 32.1. The van der Waals surface area contributed by atoms with Crippen molar-refractivity contribution in [2.24, 2.45) is 5.92 Å². The number of rotatable bonds is 5. The van der Waals surface area contributed by atoms with Crippen molar-refractivity contribution in [2.75, 3.05) is 36.0 Å². The number of carbonyl (C=O) groups excluding carboxylic acids is 1. The van der Waals surface area contributed by atoms with Gasteiger partial charge in [0, 0.05) is 42.4 Å². The Kier molecular flexibility index (Phi) is 5.45. The molecule has 2 aliphatic heterocycles. The van der Waals surface area contributed by atoms with Crippen molar-refractivity contribution in [1.82, 2.24) is 5.32 Å². The zero-order chi connectivity index (χ0) is 20.3. The third-order valence-electron chi connectivity index (χ3n) is 6.33. The minimum atomic E-state index is -0.0326. The average molecular weight is 418 g/mol. The molecule has 3 aromatic rings. The van der Waals surface area contributed by atoms with Crippen LogP contribution in [-0.4, -0.2) is 38.1 Å². The van der Waals surface area contributed by atoms with E-state index in [1.165, 1.54) is 21.8 Å². The second kappa shape index (κ2) is 8.52. The van der Waals surface area contributed by atoms with Gasteiger partial charge in [-0.2, -0.15) is 0 Å². The smallest absolute Gasteiger partial charge is 0.225 e. The van der Waals surface area contributed by atoms with Crippen LogP contribution >= 0.6 is 11.3 Å². The number of anilines is 2. The predicted molar refractivity (Wildman–Crippen MR) is 124 cm³/mol. The number of para-hydroxylation sites is 2. The number of fused-ring (bicyclic) bond motifs is 3. The van der Waals surface area contributed by atoms with Crippen molar-refractivity contribution in [3.8, 4) is 0 Å². The van der Waals surface area contributed by atoms with Crippen LogP contribution in [0.25, 0.3) is 0 Å². The zero-order valence-corrected chi connectivity index (χ0v) is 17.9. The highest BCUT2D eigenvalue weighted by Crippen LogP contribution is 2.36. The van der Waals surface area contributed by atoms with Crippen LogP contribution in [0.1, 0.15) is 10.4 Å². The van der Waals surface area contributed by atoms with E-state index in [0.717, 1.165) is 32.5 Å². The number of hydrogen-bond acceptors (Lipinski definition) is 4. The molecular weight excluding hydrogens is 390 g/mol. The summed E-state index contributed by atoms with van der Waals surface area (Å²) in [6.07, 6.45) is 1.71. The number of thiophene rings is 1. The van der Waals surface area contributed by atoms with Crippen molar-refractivity contribution >= 4 is 28.6 Å². The maximum Gasteiger partial charge on any atom is 0.225 e. The molecule has 3 heterocycles. The minimum Gasteiger partial charge on any atom is -0.368 e. The highest BCUT2D eigenvalue weighted by Gasteiger charge is 2.41. The Bertz CT molecular complexity index is 989. The van der Waals surface area contributed by atoms with Gasteiger partial charge >= 0.3 is 0 Å². The number of nitrogens with one attached hydrogen (secondary N) is 1. The van der Waals surface area contributed by atoms with E-state index in [2.05, 4.69) is 87.2 Å². The molecular formula is C25H27N3OS. The summed E-state index contributed by atoms with van der Waals surface area (Å²) in [7, 11) is 0. The molecule has 0 spiro atoms. The lowest BCUT2D eigenvalue weighted by Gasteiger charge is -2.49. The fourth-order valence-corrected chi connectivity index (χ4v) is 5.53. The Hall–Kier alpha value is -2.79. The number of amides is 1. The summed E-state index contributed by atoms with van der Waals surface area (Å²) >= 11 is 1.75. The molecule has 30 heavy (non-hydrogen) atoms. The van der Waals surface area contributed by atoms with Crippen LogP contribution in [0.15, 0.2) is 72.1 Å². The molecule has 2 aromatic carbocycles. The molecule has 4 nitrogen and oxygen atoms in total. The van der Waals surface area contributed by atoms with Gasteiger partial charge in [0.15, 0.2) is 0 Å². The summed E-state index contributed by atoms with van der Waals surface area (Å²) in [6, 6.07) is 23.6. The average Bonchev–Trinajstić information content (AvgIpc) is 3.32. The Morgan fingerprint density at radius 1 is 1.00 bits per heavy atom. The van der Waals surface area contributed by atoms with Crippen molar-refractivity contribution in [3.05, 3.63) is 82.6 Å². The standard InChI is InChI=1S/C25H27N3OS/c29-25(26-13-12-21-10-6-16-30-21)22-17-19-7-4-5-11-23(19)28-15-14-27(18-24(22)28)20-8-2-1-3-9-20/h1-11,16,22,24H,12-15,17-18H2,(H,26,29)/t22-,24-/m1/s1. The first-order valence-corrected chi connectivity index (χ1v) is 11.6. The van der Waals surface area contributed by atoms with Gasteiger partial charge in [0.2, 0.25) is 5.91 Å². The van der Waals surface area contributed by atoms with Crippen LogP contribution in [0, 0.1) is 5.92 Å². The van der Waals surface area contributed by atoms with Gasteiger partial charge in [0.05, 0.1) is 12.0 Å². The number of piperazine rings is 1. The van der Waals surface area contributed by atoms with Crippen LogP contribution < -0.4 is 15.1 Å². The van der Waals surface area contributed by atoms with E-state index in [9.17, 15) is 4.79 Å². The van der Waals surface area contributed by atoms with E-state index >= 15 is 0 Å². The molecule has 154 valence electrons. The third-order valence-corrected chi connectivity index (χ3v) is 7.27. The molecule has 1 saturated heterocycles.